The van der Waals surface area contributed by atoms with Crippen LogP contribution >= 0.6 is 0 Å². The lowest BCUT2D eigenvalue weighted by molar-refractivity contribution is -0.124. The van der Waals surface area contributed by atoms with Gasteiger partial charge in [-0.25, -0.2) is 0 Å². The van der Waals surface area contributed by atoms with Crippen LogP contribution in [0.25, 0.3) is 0 Å². The third kappa shape index (κ3) is 3.61. The van der Waals surface area contributed by atoms with E-state index in [0.717, 1.165) is 25.8 Å². The Morgan fingerprint density at radius 2 is 1.71 bits per heavy atom. The third-order valence-corrected chi connectivity index (χ3v) is 4.07. The highest BCUT2D eigenvalue weighted by atomic mass is 16.2. The van der Waals surface area contributed by atoms with E-state index in [-0.39, 0.29) is 23.8 Å². The summed E-state index contributed by atoms with van der Waals surface area (Å²) in [5.74, 6) is 0.344. The Morgan fingerprint density at radius 1 is 1.05 bits per heavy atom. The van der Waals surface area contributed by atoms with Crippen molar-refractivity contribution in [1.29, 1.82) is 0 Å². The average Bonchev–Trinajstić information content (AvgIpc) is 3.35. The molecule has 0 radical (unpaired) electrons. The van der Waals surface area contributed by atoms with Crippen LogP contribution in [0.4, 0.5) is 0 Å². The zero-order valence-electron chi connectivity index (χ0n) is 12.0. The summed E-state index contributed by atoms with van der Waals surface area (Å²) in [5.41, 5.74) is 2.50. The molecule has 1 fully saturated rings. The van der Waals surface area contributed by atoms with Gasteiger partial charge in [0.15, 0.2) is 0 Å². The smallest absolute Gasteiger partial charge is 0.237 e. The minimum Gasteiger partial charge on any atom is -0.354 e. The number of fused-ring (bicyclic) bond motifs is 1. The second-order valence-corrected chi connectivity index (χ2v) is 5.76. The van der Waals surface area contributed by atoms with Crippen molar-refractivity contribution in [3.05, 3.63) is 35.4 Å². The van der Waals surface area contributed by atoms with Crippen molar-refractivity contribution in [3.63, 3.8) is 0 Å². The van der Waals surface area contributed by atoms with Gasteiger partial charge in [-0.3, -0.25) is 9.59 Å². The molecule has 1 saturated carbocycles. The van der Waals surface area contributed by atoms with Crippen molar-refractivity contribution in [1.82, 2.24) is 16.0 Å². The van der Waals surface area contributed by atoms with E-state index in [4.69, 9.17) is 0 Å². The molecule has 2 aliphatic rings. The molecule has 5 heteroatoms. The maximum Gasteiger partial charge on any atom is 0.237 e. The topological polar surface area (TPSA) is 70.2 Å². The lowest BCUT2D eigenvalue weighted by Gasteiger charge is -2.25. The molecule has 5 nitrogen and oxygen atoms in total. The summed E-state index contributed by atoms with van der Waals surface area (Å²) in [6.45, 7) is 1.72. The second kappa shape index (κ2) is 6.26. The monoisotopic (exact) mass is 287 g/mol. The molecule has 1 aromatic carbocycles. The van der Waals surface area contributed by atoms with E-state index in [9.17, 15) is 9.59 Å². The highest BCUT2D eigenvalue weighted by Gasteiger charge is 2.29. The van der Waals surface area contributed by atoms with E-state index in [2.05, 4.69) is 28.1 Å². The van der Waals surface area contributed by atoms with Crippen LogP contribution in [0.3, 0.4) is 0 Å². The van der Waals surface area contributed by atoms with Crippen LogP contribution in [0.2, 0.25) is 0 Å². The standard InChI is InChI=1S/C16H21N3O2/c20-15(11-5-6-11)17-7-8-18-16(21)14-9-12-3-1-2-4-13(12)10-19-14/h1-4,11,14,19H,5-10H2,(H,17,20)(H,18,21). The van der Waals surface area contributed by atoms with Gasteiger partial charge in [-0.05, 0) is 30.4 Å². The molecule has 2 amide bonds. The van der Waals surface area contributed by atoms with Crippen molar-refractivity contribution >= 4 is 11.8 Å². The first-order valence-electron chi connectivity index (χ1n) is 7.59. The molecule has 0 bridgehead atoms. The third-order valence-electron chi connectivity index (χ3n) is 4.07. The van der Waals surface area contributed by atoms with Crippen molar-refractivity contribution in [3.8, 4) is 0 Å². The van der Waals surface area contributed by atoms with Gasteiger partial charge < -0.3 is 16.0 Å². The van der Waals surface area contributed by atoms with Gasteiger partial charge in [0.05, 0.1) is 6.04 Å². The average molecular weight is 287 g/mol. The Hall–Kier alpha value is -1.88. The van der Waals surface area contributed by atoms with Gasteiger partial charge >= 0.3 is 0 Å². The highest BCUT2D eigenvalue weighted by molar-refractivity contribution is 5.83. The highest BCUT2D eigenvalue weighted by Crippen LogP contribution is 2.28. The summed E-state index contributed by atoms with van der Waals surface area (Å²) >= 11 is 0. The number of hydrogen-bond acceptors (Lipinski definition) is 3. The molecule has 0 saturated heterocycles. The maximum absolute atomic E-state index is 12.1. The number of benzene rings is 1. The van der Waals surface area contributed by atoms with E-state index in [1.165, 1.54) is 11.1 Å². The quantitative estimate of drug-likeness (QED) is 0.684. The fraction of sp³-hybridized carbons (Fsp3) is 0.500. The number of hydrogen-bond donors (Lipinski definition) is 3. The molecular formula is C16H21N3O2. The van der Waals surface area contributed by atoms with Gasteiger partial charge in [-0.2, -0.15) is 0 Å². The zero-order chi connectivity index (χ0) is 14.7. The largest absolute Gasteiger partial charge is 0.354 e. The number of amides is 2. The Balaban J connectivity index is 1.40. The molecule has 21 heavy (non-hydrogen) atoms. The molecule has 1 unspecified atom stereocenters. The van der Waals surface area contributed by atoms with Crippen LogP contribution in [-0.4, -0.2) is 30.9 Å². The molecule has 1 aliphatic carbocycles. The summed E-state index contributed by atoms with van der Waals surface area (Å²) in [4.78, 5) is 23.6. The summed E-state index contributed by atoms with van der Waals surface area (Å²) in [5, 5.41) is 8.98. The fourth-order valence-corrected chi connectivity index (χ4v) is 2.62. The van der Waals surface area contributed by atoms with Crippen molar-refractivity contribution < 1.29 is 9.59 Å². The molecule has 1 heterocycles. The van der Waals surface area contributed by atoms with Crippen LogP contribution in [-0.2, 0) is 22.6 Å². The number of nitrogens with one attached hydrogen (secondary N) is 3. The minimum absolute atomic E-state index is 0.00479. The molecular weight excluding hydrogens is 266 g/mol. The van der Waals surface area contributed by atoms with Crippen molar-refractivity contribution in [2.24, 2.45) is 5.92 Å². The Labute approximate surface area is 124 Å². The van der Waals surface area contributed by atoms with Gasteiger partial charge in [-0.15, -0.1) is 0 Å². The molecule has 1 aromatic rings. The van der Waals surface area contributed by atoms with Crippen LogP contribution in [0.5, 0.6) is 0 Å². The second-order valence-electron chi connectivity index (χ2n) is 5.76. The molecule has 3 rings (SSSR count). The van der Waals surface area contributed by atoms with Crippen LogP contribution < -0.4 is 16.0 Å². The lowest BCUT2D eigenvalue weighted by atomic mass is 9.95. The summed E-state index contributed by atoms with van der Waals surface area (Å²) in [6, 6.07) is 8.01. The van der Waals surface area contributed by atoms with Crippen molar-refractivity contribution in [2.75, 3.05) is 13.1 Å². The summed E-state index contributed by atoms with van der Waals surface area (Å²) in [6.07, 6.45) is 2.73. The van der Waals surface area contributed by atoms with E-state index >= 15 is 0 Å². The van der Waals surface area contributed by atoms with Crippen LogP contribution in [0.15, 0.2) is 24.3 Å². The van der Waals surface area contributed by atoms with E-state index in [1.807, 2.05) is 12.1 Å². The molecule has 3 N–H and O–H groups in total. The first kappa shape index (κ1) is 14.1. The lowest BCUT2D eigenvalue weighted by Crippen LogP contribution is -2.49. The summed E-state index contributed by atoms with van der Waals surface area (Å²) < 4.78 is 0. The van der Waals surface area contributed by atoms with Gasteiger partial charge in [0.1, 0.15) is 0 Å². The number of carbonyl (C=O) groups is 2. The molecule has 1 atom stereocenters. The molecule has 1 aliphatic heterocycles. The first-order chi connectivity index (χ1) is 10.2. The number of rotatable bonds is 5. The van der Waals surface area contributed by atoms with Crippen LogP contribution in [0.1, 0.15) is 24.0 Å². The van der Waals surface area contributed by atoms with E-state index in [1.54, 1.807) is 0 Å². The SMILES string of the molecule is O=C(NCCNC(=O)C1Cc2ccccc2CN1)C1CC1. The molecule has 0 spiro atoms. The maximum atomic E-state index is 12.1. The van der Waals surface area contributed by atoms with Gasteiger partial charge in [0, 0.05) is 25.6 Å². The van der Waals surface area contributed by atoms with E-state index in [0.29, 0.717) is 13.1 Å². The molecule has 112 valence electrons. The van der Waals surface area contributed by atoms with Crippen LogP contribution in [0, 0.1) is 5.92 Å². The zero-order valence-corrected chi connectivity index (χ0v) is 12.0. The fourth-order valence-electron chi connectivity index (χ4n) is 2.62. The normalized spacial score (nSPS) is 20.5. The minimum atomic E-state index is -0.181. The Kier molecular flexibility index (Phi) is 4.20. The predicted molar refractivity (Wildman–Crippen MR) is 79.5 cm³/mol. The Bertz CT molecular complexity index is 540. The first-order valence-corrected chi connectivity index (χ1v) is 7.59. The van der Waals surface area contributed by atoms with Crippen molar-refractivity contribution in [2.45, 2.75) is 31.8 Å². The van der Waals surface area contributed by atoms with Gasteiger partial charge in [0.25, 0.3) is 0 Å². The van der Waals surface area contributed by atoms with E-state index < -0.39 is 0 Å². The molecule has 0 aromatic heterocycles. The Morgan fingerprint density at radius 3 is 2.43 bits per heavy atom. The van der Waals surface area contributed by atoms with Gasteiger partial charge in [0.2, 0.25) is 11.8 Å². The summed E-state index contributed by atoms with van der Waals surface area (Å²) in [7, 11) is 0. The predicted octanol–water partition coefficient (Wildman–Crippen LogP) is 0.343. The van der Waals surface area contributed by atoms with Gasteiger partial charge in [-0.1, -0.05) is 24.3 Å². The number of carbonyl (C=O) groups excluding carboxylic acids is 2.